The van der Waals surface area contributed by atoms with E-state index in [9.17, 15) is 15.0 Å². The number of rotatable bonds is 8. The Bertz CT molecular complexity index is 555. The number of hydrogen-bond donors (Lipinski definition) is 3. The number of carboxylic acids is 1. The number of aliphatic hydroxyl groups excluding tert-OH is 2. The maximum atomic E-state index is 10.5. The molecule has 0 aliphatic heterocycles. The zero-order valence-electron chi connectivity index (χ0n) is 16.0. The first-order valence-corrected chi connectivity index (χ1v) is 10.5. The van der Waals surface area contributed by atoms with Crippen molar-refractivity contribution in [2.24, 2.45) is 28.8 Å². The lowest BCUT2D eigenvalue weighted by atomic mass is 9.85. The maximum absolute atomic E-state index is 10.5. The van der Waals surface area contributed by atoms with Crippen LogP contribution in [0.2, 0.25) is 0 Å². The Morgan fingerprint density at radius 1 is 1.26 bits per heavy atom. The second-order valence-corrected chi connectivity index (χ2v) is 8.54. The number of carbonyl (C=O) groups is 1. The topological polar surface area (TPSA) is 99.4 Å². The molecule has 3 rings (SSSR count). The summed E-state index contributed by atoms with van der Waals surface area (Å²) >= 11 is 0. The summed E-state index contributed by atoms with van der Waals surface area (Å²) in [5, 5.41) is 33.5. The Morgan fingerprint density at radius 3 is 2.78 bits per heavy atom. The van der Waals surface area contributed by atoms with Gasteiger partial charge in [0.1, 0.15) is 6.61 Å². The van der Waals surface area contributed by atoms with Crippen LogP contribution in [0, 0.1) is 23.7 Å². The number of aliphatic hydroxyl groups is 2. The predicted molar refractivity (Wildman–Crippen MR) is 102 cm³/mol. The zero-order valence-corrected chi connectivity index (χ0v) is 16.0. The third-order valence-electron chi connectivity index (χ3n) is 6.51. The molecular weight excluding hydrogens is 346 g/mol. The van der Waals surface area contributed by atoms with Gasteiger partial charge in [-0.05, 0) is 43.4 Å². The SMILES string of the molecule is O=C(O)CCON=C1C[C@H]2C[C@H](O)[C@@H](C=CC(O)CC3CCCCC3)[C@@H]2C1. The van der Waals surface area contributed by atoms with E-state index >= 15 is 0 Å². The minimum atomic E-state index is -0.890. The summed E-state index contributed by atoms with van der Waals surface area (Å²) in [5.41, 5.74) is 0.962. The fraction of sp³-hybridized carbons (Fsp3) is 0.810. The van der Waals surface area contributed by atoms with Crippen LogP contribution >= 0.6 is 0 Å². The molecule has 0 radical (unpaired) electrons. The Kier molecular flexibility index (Phi) is 7.30. The van der Waals surface area contributed by atoms with Crippen molar-refractivity contribution in [1.82, 2.24) is 0 Å². The highest BCUT2D eigenvalue weighted by atomic mass is 16.6. The molecule has 0 bridgehead atoms. The normalized spacial score (nSPS) is 34.2. The quantitative estimate of drug-likeness (QED) is 0.342. The van der Waals surface area contributed by atoms with E-state index in [4.69, 9.17) is 9.94 Å². The highest BCUT2D eigenvalue weighted by molar-refractivity contribution is 5.86. The van der Waals surface area contributed by atoms with Crippen molar-refractivity contribution in [2.75, 3.05) is 6.61 Å². The van der Waals surface area contributed by atoms with Gasteiger partial charge in [-0.1, -0.05) is 49.4 Å². The van der Waals surface area contributed by atoms with Crippen LogP contribution in [0.25, 0.3) is 0 Å². The molecule has 3 aliphatic carbocycles. The van der Waals surface area contributed by atoms with Crippen LogP contribution in [-0.2, 0) is 9.63 Å². The Balaban J connectivity index is 1.48. The molecule has 3 aliphatic rings. The molecule has 0 saturated heterocycles. The number of hydrogen-bond acceptors (Lipinski definition) is 5. The number of carboxylic acid groups (broad SMARTS) is 1. The number of fused-ring (bicyclic) bond motifs is 1. The van der Waals surface area contributed by atoms with Gasteiger partial charge in [0.05, 0.1) is 24.3 Å². The summed E-state index contributed by atoms with van der Waals surface area (Å²) in [7, 11) is 0. The molecule has 0 amide bonds. The molecule has 5 atom stereocenters. The summed E-state index contributed by atoms with van der Waals surface area (Å²) in [6.45, 7) is 0.0908. The van der Waals surface area contributed by atoms with E-state index in [2.05, 4.69) is 5.16 Å². The summed E-state index contributed by atoms with van der Waals surface area (Å²) in [5.74, 6) is 0.529. The summed E-state index contributed by atoms with van der Waals surface area (Å²) in [4.78, 5) is 15.6. The highest BCUT2D eigenvalue weighted by Crippen LogP contribution is 2.47. The van der Waals surface area contributed by atoms with Crippen LogP contribution in [0.4, 0.5) is 0 Å². The second kappa shape index (κ2) is 9.69. The molecule has 3 saturated carbocycles. The number of nitrogens with zero attached hydrogens (tertiary/aromatic N) is 1. The monoisotopic (exact) mass is 379 g/mol. The van der Waals surface area contributed by atoms with Crippen molar-refractivity contribution >= 4 is 11.7 Å². The van der Waals surface area contributed by atoms with Crippen molar-refractivity contribution in [1.29, 1.82) is 0 Å². The Hall–Kier alpha value is -1.40. The molecule has 27 heavy (non-hydrogen) atoms. The van der Waals surface area contributed by atoms with Gasteiger partial charge in [0.2, 0.25) is 0 Å². The zero-order chi connectivity index (χ0) is 19.2. The first-order chi connectivity index (χ1) is 13.0. The van der Waals surface area contributed by atoms with E-state index < -0.39 is 12.1 Å². The van der Waals surface area contributed by atoms with Crippen molar-refractivity contribution in [3.8, 4) is 0 Å². The molecule has 0 spiro atoms. The summed E-state index contributed by atoms with van der Waals surface area (Å²) in [6, 6.07) is 0. The molecule has 0 aromatic heterocycles. The van der Waals surface area contributed by atoms with Crippen LogP contribution in [0.5, 0.6) is 0 Å². The van der Waals surface area contributed by atoms with Gasteiger partial charge >= 0.3 is 5.97 Å². The third-order valence-corrected chi connectivity index (χ3v) is 6.51. The molecule has 3 N–H and O–H groups in total. The Morgan fingerprint density at radius 2 is 2.04 bits per heavy atom. The summed E-state index contributed by atoms with van der Waals surface area (Å²) < 4.78 is 0. The van der Waals surface area contributed by atoms with Gasteiger partial charge in [-0.15, -0.1) is 0 Å². The fourth-order valence-corrected chi connectivity index (χ4v) is 5.15. The van der Waals surface area contributed by atoms with Gasteiger partial charge < -0.3 is 20.2 Å². The second-order valence-electron chi connectivity index (χ2n) is 8.54. The molecular formula is C21H33NO5. The maximum Gasteiger partial charge on any atom is 0.306 e. The standard InChI is InChI=1S/C21H33NO5/c23-17(10-14-4-2-1-3-5-14)6-7-18-19-13-16(11-15(19)12-20(18)24)22-27-9-8-21(25)26/h6-7,14-15,17-20,23-24H,1-5,8-13H2,(H,25,26)/t15-,17?,18-,19+,20-/m0/s1. The molecule has 3 fully saturated rings. The van der Waals surface area contributed by atoms with Gasteiger partial charge in [0, 0.05) is 5.92 Å². The Labute approximate surface area is 161 Å². The fourth-order valence-electron chi connectivity index (χ4n) is 5.15. The average Bonchev–Trinajstić information content (AvgIpc) is 3.14. The number of oxime groups is 1. The summed E-state index contributed by atoms with van der Waals surface area (Å²) in [6.07, 6.45) is 12.6. The first-order valence-electron chi connectivity index (χ1n) is 10.5. The number of aliphatic carboxylic acids is 1. The van der Waals surface area contributed by atoms with Crippen molar-refractivity contribution in [3.05, 3.63) is 12.2 Å². The van der Waals surface area contributed by atoms with E-state index in [1.54, 1.807) is 0 Å². The van der Waals surface area contributed by atoms with Crippen LogP contribution in [0.15, 0.2) is 17.3 Å². The molecule has 0 heterocycles. The molecule has 1 unspecified atom stereocenters. The van der Waals surface area contributed by atoms with E-state index in [1.807, 2.05) is 12.2 Å². The van der Waals surface area contributed by atoms with Crippen LogP contribution < -0.4 is 0 Å². The van der Waals surface area contributed by atoms with Gasteiger partial charge in [-0.2, -0.15) is 0 Å². The molecule has 6 nitrogen and oxygen atoms in total. The van der Waals surface area contributed by atoms with Gasteiger partial charge in [0.25, 0.3) is 0 Å². The largest absolute Gasteiger partial charge is 0.481 e. The van der Waals surface area contributed by atoms with E-state index in [-0.39, 0.29) is 25.0 Å². The van der Waals surface area contributed by atoms with E-state index in [1.165, 1.54) is 32.1 Å². The highest BCUT2D eigenvalue weighted by Gasteiger charge is 2.46. The van der Waals surface area contributed by atoms with Gasteiger partial charge in [-0.25, -0.2) is 0 Å². The van der Waals surface area contributed by atoms with Gasteiger partial charge in [-0.3, -0.25) is 4.79 Å². The van der Waals surface area contributed by atoms with Gasteiger partial charge in [0.15, 0.2) is 0 Å². The van der Waals surface area contributed by atoms with Crippen molar-refractivity contribution < 1.29 is 25.0 Å². The van der Waals surface area contributed by atoms with Crippen molar-refractivity contribution in [3.63, 3.8) is 0 Å². The molecule has 152 valence electrons. The average molecular weight is 379 g/mol. The minimum Gasteiger partial charge on any atom is -0.481 e. The molecule has 0 aromatic rings. The lowest BCUT2D eigenvalue weighted by molar-refractivity contribution is -0.138. The predicted octanol–water partition coefficient (Wildman–Crippen LogP) is 3.13. The van der Waals surface area contributed by atoms with E-state index in [0.29, 0.717) is 17.8 Å². The first kappa shape index (κ1) is 20.3. The van der Waals surface area contributed by atoms with Crippen LogP contribution in [0.3, 0.4) is 0 Å². The minimum absolute atomic E-state index is 0.0490. The lowest BCUT2D eigenvalue weighted by Gasteiger charge is -2.23. The molecule has 6 heteroatoms. The van der Waals surface area contributed by atoms with Crippen molar-refractivity contribution in [2.45, 2.75) is 76.4 Å². The lowest BCUT2D eigenvalue weighted by Crippen LogP contribution is -2.19. The molecule has 0 aromatic carbocycles. The van der Waals surface area contributed by atoms with E-state index in [0.717, 1.165) is 31.4 Å². The van der Waals surface area contributed by atoms with Crippen LogP contribution in [-0.4, -0.2) is 45.8 Å². The third kappa shape index (κ3) is 5.79. The smallest absolute Gasteiger partial charge is 0.306 e. The van der Waals surface area contributed by atoms with Crippen LogP contribution in [0.1, 0.15) is 64.2 Å².